The van der Waals surface area contributed by atoms with Crippen LogP contribution in [0, 0.1) is 11.3 Å². The monoisotopic (exact) mass is 394 g/mol. The molecule has 140 valence electrons. The van der Waals surface area contributed by atoms with Crippen molar-refractivity contribution in [3.63, 3.8) is 0 Å². The van der Waals surface area contributed by atoms with E-state index in [1.165, 1.54) is 49.4 Å². The number of hydrogen-bond donors (Lipinski definition) is 1. The molecule has 2 rings (SSSR count). The van der Waals surface area contributed by atoms with Gasteiger partial charge in [0.15, 0.2) is 6.10 Å². The summed E-state index contributed by atoms with van der Waals surface area (Å²) in [5, 5.41) is 11.5. The van der Waals surface area contributed by atoms with E-state index in [2.05, 4.69) is 10.1 Å². The SMILES string of the molecule is C[C@H](OC(=O)c1ccccc1OC(F)F)C(=O)Nc1ccc(C#N)c(Cl)c1. The van der Waals surface area contributed by atoms with Crippen molar-refractivity contribution in [2.75, 3.05) is 5.32 Å². The molecule has 0 aliphatic carbocycles. The van der Waals surface area contributed by atoms with Crippen molar-refractivity contribution in [2.45, 2.75) is 19.6 Å². The first-order chi connectivity index (χ1) is 12.8. The van der Waals surface area contributed by atoms with E-state index in [0.29, 0.717) is 5.69 Å². The summed E-state index contributed by atoms with van der Waals surface area (Å²) in [5.74, 6) is -2.02. The second-order valence-electron chi connectivity index (χ2n) is 5.22. The predicted molar refractivity (Wildman–Crippen MR) is 92.7 cm³/mol. The number of hydrogen-bond acceptors (Lipinski definition) is 5. The Kier molecular flexibility index (Phi) is 6.68. The van der Waals surface area contributed by atoms with Crippen molar-refractivity contribution in [1.29, 1.82) is 5.26 Å². The summed E-state index contributed by atoms with van der Waals surface area (Å²) in [6.07, 6.45) is -1.23. The molecule has 0 saturated carbocycles. The van der Waals surface area contributed by atoms with Crippen LogP contribution in [0.1, 0.15) is 22.8 Å². The molecule has 0 spiro atoms. The van der Waals surface area contributed by atoms with Crippen LogP contribution in [0.2, 0.25) is 5.02 Å². The smallest absolute Gasteiger partial charge is 0.387 e. The fourth-order valence-corrected chi connectivity index (χ4v) is 2.26. The van der Waals surface area contributed by atoms with Gasteiger partial charge in [-0.3, -0.25) is 4.79 Å². The summed E-state index contributed by atoms with van der Waals surface area (Å²) in [7, 11) is 0. The number of carbonyl (C=O) groups excluding carboxylic acids is 2. The van der Waals surface area contributed by atoms with Crippen LogP contribution in [-0.4, -0.2) is 24.6 Å². The minimum atomic E-state index is -3.11. The molecule has 0 heterocycles. The van der Waals surface area contributed by atoms with Gasteiger partial charge in [0, 0.05) is 5.69 Å². The quantitative estimate of drug-likeness (QED) is 0.748. The van der Waals surface area contributed by atoms with Crippen LogP contribution in [0.4, 0.5) is 14.5 Å². The topological polar surface area (TPSA) is 88.4 Å². The normalized spacial score (nSPS) is 11.4. The van der Waals surface area contributed by atoms with Gasteiger partial charge >= 0.3 is 12.6 Å². The summed E-state index contributed by atoms with van der Waals surface area (Å²) in [6.45, 7) is -1.80. The summed E-state index contributed by atoms with van der Waals surface area (Å²) in [5.41, 5.74) is 0.303. The van der Waals surface area contributed by atoms with Gasteiger partial charge in [0.2, 0.25) is 0 Å². The molecule has 1 atom stereocenters. The summed E-state index contributed by atoms with van der Waals surface area (Å²) in [4.78, 5) is 24.3. The molecule has 27 heavy (non-hydrogen) atoms. The number of nitriles is 1. The molecule has 0 bridgehead atoms. The maximum Gasteiger partial charge on any atom is 0.387 e. The molecular weight excluding hydrogens is 382 g/mol. The molecule has 1 amide bonds. The third-order valence-corrected chi connectivity index (χ3v) is 3.65. The van der Waals surface area contributed by atoms with E-state index in [1.54, 1.807) is 0 Å². The highest BCUT2D eigenvalue weighted by molar-refractivity contribution is 6.32. The number of nitrogens with one attached hydrogen (secondary N) is 1. The number of anilines is 1. The zero-order valence-corrected chi connectivity index (χ0v) is 14.7. The summed E-state index contributed by atoms with van der Waals surface area (Å²) >= 11 is 5.88. The molecule has 0 aliphatic heterocycles. The maximum atomic E-state index is 12.4. The van der Waals surface area contributed by atoms with E-state index in [9.17, 15) is 18.4 Å². The third-order valence-electron chi connectivity index (χ3n) is 3.33. The lowest BCUT2D eigenvalue weighted by Crippen LogP contribution is -2.30. The second-order valence-corrected chi connectivity index (χ2v) is 5.63. The second kappa shape index (κ2) is 8.96. The molecule has 0 unspecified atom stereocenters. The Morgan fingerprint density at radius 2 is 1.93 bits per heavy atom. The van der Waals surface area contributed by atoms with E-state index >= 15 is 0 Å². The molecule has 0 saturated heterocycles. The highest BCUT2D eigenvalue weighted by Gasteiger charge is 2.22. The van der Waals surface area contributed by atoms with Crippen LogP contribution in [0.5, 0.6) is 5.75 Å². The van der Waals surface area contributed by atoms with E-state index < -0.39 is 24.6 Å². The molecule has 2 aromatic carbocycles. The van der Waals surface area contributed by atoms with Crippen LogP contribution in [0.3, 0.4) is 0 Å². The Bertz CT molecular complexity index is 899. The highest BCUT2D eigenvalue weighted by Crippen LogP contribution is 2.23. The zero-order chi connectivity index (χ0) is 20.0. The van der Waals surface area contributed by atoms with Crippen LogP contribution in [0.15, 0.2) is 42.5 Å². The van der Waals surface area contributed by atoms with E-state index in [1.807, 2.05) is 6.07 Å². The molecule has 0 fully saturated rings. The number of ether oxygens (including phenoxy) is 2. The third kappa shape index (κ3) is 5.39. The van der Waals surface area contributed by atoms with Crippen LogP contribution in [0.25, 0.3) is 0 Å². The molecule has 0 radical (unpaired) electrons. The number of benzene rings is 2. The van der Waals surface area contributed by atoms with Gasteiger partial charge < -0.3 is 14.8 Å². The number of esters is 1. The van der Waals surface area contributed by atoms with Crippen molar-refractivity contribution in [1.82, 2.24) is 0 Å². The van der Waals surface area contributed by atoms with Gasteiger partial charge in [-0.15, -0.1) is 0 Å². The van der Waals surface area contributed by atoms with Crippen molar-refractivity contribution in [3.05, 3.63) is 58.6 Å². The van der Waals surface area contributed by atoms with Gasteiger partial charge in [0.1, 0.15) is 17.4 Å². The molecule has 0 aliphatic rings. The van der Waals surface area contributed by atoms with Crippen molar-refractivity contribution < 1.29 is 27.8 Å². The standard InChI is InChI=1S/C18H13ClF2N2O4/c1-10(16(24)23-12-7-6-11(9-22)14(19)8-12)26-17(25)13-4-2-3-5-15(13)27-18(20)21/h2-8,10,18H,1H3,(H,23,24)/t10-/m0/s1. The van der Waals surface area contributed by atoms with Crippen molar-refractivity contribution in [3.8, 4) is 11.8 Å². The first kappa shape index (κ1) is 20.1. The Morgan fingerprint density at radius 3 is 2.56 bits per heavy atom. The number of alkyl halides is 2. The van der Waals surface area contributed by atoms with Crippen LogP contribution >= 0.6 is 11.6 Å². The predicted octanol–water partition coefficient (Wildman–Crippen LogP) is 4.00. The lowest BCUT2D eigenvalue weighted by molar-refractivity contribution is -0.123. The Labute approximate surface area is 158 Å². The fraction of sp³-hybridized carbons (Fsp3) is 0.167. The minimum Gasteiger partial charge on any atom is -0.449 e. The van der Waals surface area contributed by atoms with E-state index in [4.69, 9.17) is 21.6 Å². The molecule has 0 aromatic heterocycles. The highest BCUT2D eigenvalue weighted by atomic mass is 35.5. The first-order valence-electron chi connectivity index (χ1n) is 7.57. The fourth-order valence-electron chi connectivity index (χ4n) is 2.04. The van der Waals surface area contributed by atoms with Gasteiger partial charge in [0.25, 0.3) is 5.91 Å². The van der Waals surface area contributed by atoms with Crippen LogP contribution < -0.4 is 10.1 Å². The Morgan fingerprint density at radius 1 is 1.22 bits per heavy atom. The van der Waals surface area contributed by atoms with Gasteiger partial charge in [-0.2, -0.15) is 14.0 Å². The zero-order valence-electron chi connectivity index (χ0n) is 13.9. The number of para-hydroxylation sites is 1. The molecule has 9 heteroatoms. The molecule has 2 aromatic rings. The number of nitrogens with zero attached hydrogens (tertiary/aromatic N) is 1. The van der Waals surface area contributed by atoms with Gasteiger partial charge in [-0.25, -0.2) is 4.79 Å². The number of amides is 1. The Hall–Kier alpha value is -3.18. The number of carbonyl (C=O) groups is 2. The molecular formula is C18H13ClF2N2O4. The molecule has 6 nitrogen and oxygen atoms in total. The average Bonchev–Trinajstić information content (AvgIpc) is 2.61. The summed E-state index contributed by atoms with van der Waals surface area (Å²) < 4.78 is 34.1. The van der Waals surface area contributed by atoms with Gasteiger partial charge in [-0.05, 0) is 37.3 Å². The molecule has 1 N–H and O–H groups in total. The van der Waals surface area contributed by atoms with E-state index in [-0.39, 0.29) is 21.9 Å². The van der Waals surface area contributed by atoms with E-state index in [0.717, 1.165) is 0 Å². The van der Waals surface area contributed by atoms with Gasteiger partial charge in [-0.1, -0.05) is 23.7 Å². The van der Waals surface area contributed by atoms with Gasteiger partial charge in [0.05, 0.1) is 10.6 Å². The lowest BCUT2D eigenvalue weighted by Gasteiger charge is -2.15. The van der Waals surface area contributed by atoms with Crippen molar-refractivity contribution >= 4 is 29.2 Å². The summed E-state index contributed by atoms with van der Waals surface area (Å²) in [6, 6.07) is 11.4. The largest absolute Gasteiger partial charge is 0.449 e. The minimum absolute atomic E-state index is 0.151. The first-order valence-corrected chi connectivity index (χ1v) is 7.95. The average molecular weight is 395 g/mol. The number of halogens is 3. The lowest BCUT2D eigenvalue weighted by atomic mass is 10.2. The number of rotatable bonds is 6. The maximum absolute atomic E-state index is 12.4. The Balaban J connectivity index is 2.05. The van der Waals surface area contributed by atoms with Crippen molar-refractivity contribution in [2.24, 2.45) is 0 Å². The van der Waals surface area contributed by atoms with Crippen LogP contribution in [-0.2, 0) is 9.53 Å².